The lowest BCUT2D eigenvalue weighted by Gasteiger charge is -2.36. The van der Waals surface area contributed by atoms with Gasteiger partial charge in [0.1, 0.15) is 0 Å². The number of imidazole rings is 1. The lowest BCUT2D eigenvalue weighted by atomic mass is 9.97. The Morgan fingerprint density at radius 1 is 1.37 bits per heavy atom. The third kappa shape index (κ3) is 6.07. The van der Waals surface area contributed by atoms with Gasteiger partial charge < -0.3 is 15.2 Å². The van der Waals surface area contributed by atoms with Gasteiger partial charge in [-0.05, 0) is 49.7 Å². The van der Waals surface area contributed by atoms with Crippen LogP contribution in [0.5, 0.6) is 0 Å². The molecule has 3 rings (SSSR count). The first-order valence-electron chi connectivity index (χ1n) is 9.94. The molecule has 1 saturated heterocycles. The molecule has 0 bridgehead atoms. The van der Waals surface area contributed by atoms with Gasteiger partial charge >= 0.3 is 0 Å². The molecule has 1 unspecified atom stereocenters. The SMILES string of the molecule is CN=C(NCCCn1ccnc1)NCC(c1cccs1)N1CCC(C)CC1. The van der Waals surface area contributed by atoms with Crippen LogP contribution < -0.4 is 10.6 Å². The largest absolute Gasteiger partial charge is 0.356 e. The number of hydrogen-bond acceptors (Lipinski definition) is 4. The average Bonchev–Trinajstić information content (AvgIpc) is 3.39. The van der Waals surface area contributed by atoms with Crippen molar-refractivity contribution in [3.05, 3.63) is 41.1 Å². The quantitative estimate of drug-likeness (QED) is 0.415. The molecule has 0 spiro atoms. The first-order chi connectivity index (χ1) is 13.3. The van der Waals surface area contributed by atoms with Gasteiger partial charge in [0.25, 0.3) is 0 Å². The second-order valence-corrected chi connectivity index (χ2v) is 8.26. The minimum absolute atomic E-state index is 0.419. The minimum atomic E-state index is 0.419. The van der Waals surface area contributed by atoms with Crippen LogP contribution in [0.25, 0.3) is 0 Å². The zero-order chi connectivity index (χ0) is 18.9. The fraction of sp³-hybridized carbons (Fsp3) is 0.600. The molecule has 1 fully saturated rings. The molecular weight excluding hydrogens is 356 g/mol. The number of aliphatic imine (C=N–C) groups is 1. The molecule has 0 aliphatic carbocycles. The molecule has 148 valence electrons. The van der Waals surface area contributed by atoms with Crippen LogP contribution in [-0.2, 0) is 6.54 Å². The van der Waals surface area contributed by atoms with Crippen molar-refractivity contribution in [2.75, 3.05) is 33.2 Å². The van der Waals surface area contributed by atoms with E-state index in [9.17, 15) is 0 Å². The number of aryl methyl sites for hydroxylation is 1. The zero-order valence-electron chi connectivity index (χ0n) is 16.5. The van der Waals surface area contributed by atoms with Gasteiger partial charge in [-0.2, -0.15) is 0 Å². The molecule has 0 radical (unpaired) electrons. The van der Waals surface area contributed by atoms with Crippen LogP contribution in [0.2, 0.25) is 0 Å². The smallest absolute Gasteiger partial charge is 0.191 e. The van der Waals surface area contributed by atoms with E-state index in [1.165, 1.54) is 30.8 Å². The lowest BCUT2D eigenvalue weighted by Crippen LogP contribution is -2.45. The third-order valence-electron chi connectivity index (χ3n) is 5.26. The van der Waals surface area contributed by atoms with Gasteiger partial charge in [-0.1, -0.05) is 13.0 Å². The Bertz CT molecular complexity index is 659. The van der Waals surface area contributed by atoms with Crippen LogP contribution in [0.4, 0.5) is 0 Å². The Morgan fingerprint density at radius 3 is 2.89 bits per heavy atom. The molecule has 0 amide bonds. The molecule has 27 heavy (non-hydrogen) atoms. The normalized spacial score (nSPS) is 17.8. The highest BCUT2D eigenvalue weighted by molar-refractivity contribution is 7.10. The van der Waals surface area contributed by atoms with Crippen molar-refractivity contribution in [3.63, 3.8) is 0 Å². The number of thiophene rings is 1. The highest BCUT2D eigenvalue weighted by Gasteiger charge is 2.25. The second-order valence-electron chi connectivity index (χ2n) is 7.28. The molecule has 2 aromatic heterocycles. The van der Waals surface area contributed by atoms with E-state index in [1.54, 1.807) is 0 Å². The van der Waals surface area contributed by atoms with Crippen LogP contribution in [-0.4, -0.2) is 53.6 Å². The van der Waals surface area contributed by atoms with Gasteiger partial charge in [0.15, 0.2) is 5.96 Å². The summed E-state index contributed by atoms with van der Waals surface area (Å²) >= 11 is 1.85. The second kappa shape index (κ2) is 10.5. The van der Waals surface area contributed by atoms with Crippen molar-refractivity contribution in [3.8, 4) is 0 Å². The summed E-state index contributed by atoms with van der Waals surface area (Å²) in [4.78, 5) is 12.5. The van der Waals surface area contributed by atoms with Crippen LogP contribution in [0.15, 0.2) is 41.2 Å². The highest BCUT2D eigenvalue weighted by atomic mass is 32.1. The van der Waals surface area contributed by atoms with E-state index in [4.69, 9.17) is 0 Å². The number of nitrogens with one attached hydrogen (secondary N) is 2. The van der Waals surface area contributed by atoms with E-state index in [0.29, 0.717) is 6.04 Å². The lowest BCUT2D eigenvalue weighted by molar-refractivity contribution is 0.140. The Balaban J connectivity index is 1.47. The average molecular weight is 389 g/mol. The summed E-state index contributed by atoms with van der Waals surface area (Å²) in [6, 6.07) is 4.83. The minimum Gasteiger partial charge on any atom is -0.356 e. The third-order valence-corrected chi connectivity index (χ3v) is 6.24. The van der Waals surface area contributed by atoms with E-state index in [2.05, 4.69) is 54.5 Å². The first kappa shape index (κ1) is 19.9. The number of hydrogen-bond donors (Lipinski definition) is 2. The topological polar surface area (TPSA) is 57.5 Å². The van der Waals surface area contributed by atoms with Gasteiger partial charge in [-0.3, -0.25) is 9.89 Å². The van der Waals surface area contributed by atoms with Crippen molar-refractivity contribution >= 4 is 17.3 Å². The summed E-state index contributed by atoms with van der Waals surface area (Å²) in [5, 5.41) is 9.16. The Kier molecular flexibility index (Phi) is 7.71. The molecule has 7 heteroatoms. The van der Waals surface area contributed by atoms with Gasteiger partial charge in [-0.15, -0.1) is 11.3 Å². The van der Waals surface area contributed by atoms with Gasteiger partial charge in [0.2, 0.25) is 0 Å². The fourth-order valence-corrected chi connectivity index (χ4v) is 4.39. The molecule has 1 aliphatic rings. The maximum absolute atomic E-state index is 4.39. The van der Waals surface area contributed by atoms with Crippen molar-refractivity contribution in [1.29, 1.82) is 0 Å². The van der Waals surface area contributed by atoms with Gasteiger partial charge in [-0.25, -0.2) is 4.98 Å². The highest BCUT2D eigenvalue weighted by Crippen LogP contribution is 2.28. The number of piperidine rings is 1. The summed E-state index contributed by atoms with van der Waals surface area (Å²) in [6.45, 7) is 7.47. The molecule has 1 aliphatic heterocycles. The maximum atomic E-state index is 4.39. The summed E-state index contributed by atoms with van der Waals surface area (Å²) in [5.74, 6) is 1.73. The number of aromatic nitrogens is 2. The fourth-order valence-electron chi connectivity index (χ4n) is 3.53. The predicted molar refractivity (Wildman–Crippen MR) is 113 cm³/mol. The van der Waals surface area contributed by atoms with E-state index < -0.39 is 0 Å². The predicted octanol–water partition coefficient (Wildman–Crippen LogP) is 2.97. The van der Waals surface area contributed by atoms with Crippen LogP contribution >= 0.6 is 11.3 Å². The molecule has 3 heterocycles. The Labute approximate surface area is 166 Å². The molecular formula is C20H32N6S. The Hall–Kier alpha value is -1.86. The number of guanidine groups is 1. The van der Waals surface area contributed by atoms with E-state index in [0.717, 1.165) is 37.9 Å². The standard InChI is InChI=1S/C20H32N6S/c1-17-6-11-26(12-7-17)18(19-5-3-14-27-19)15-24-20(21-2)23-8-4-10-25-13-9-22-16-25/h3,5,9,13-14,16-18H,4,6-8,10-12,15H2,1-2H3,(H2,21,23,24). The van der Waals surface area contributed by atoms with E-state index >= 15 is 0 Å². The van der Waals surface area contributed by atoms with Crippen molar-refractivity contribution in [1.82, 2.24) is 25.1 Å². The monoisotopic (exact) mass is 388 g/mol. The maximum Gasteiger partial charge on any atom is 0.191 e. The number of likely N-dealkylation sites (tertiary alicyclic amines) is 1. The summed E-state index contributed by atoms with van der Waals surface area (Å²) in [6.07, 6.45) is 9.30. The molecule has 0 aromatic carbocycles. The van der Waals surface area contributed by atoms with E-state index in [1.807, 2.05) is 37.1 Å². The zero-order valence-corrected chi connectivity index (χ0v) is 17.3. The molecule has 1 atom stereocenters. The van der Waals surface area contributed by atoms with Crippen LogP contribution in [0, 0.1) is 5.92 Å². The van der Waals surface area contributed by atoms with Crippen molar-refractivity contribution < 1.29 is 0 Å². The van der Waals surface area contributed by atoms with Crippen LogP contribution in [0.1, 0.15) is 37.1 Å². The number of rotatable bonds is 8. The molecule has 0 saturated carbocycles. The van der Waals surface area contributed by atoms with Gasteiger partial charge in [0.05, 0.1) is 12.4 Å². The van der Waals surface area contributed by atoms with E-state index in [-0.39, 0.29) is 0 Å². The van der Waals surface area contributed by atoms with Gasteiger partial charge in [0, 0.05) is 44.0 Å². The summed E-state index contributed by atoms with van der Waals surface area (Å²) in [7, 11) is 1.84. The van der Waals surface area contributed by atoms with Crippen molar-refractivity contribution in [2.24, 2.45) is 10.9 Å². The van der Waals surface area contributed by atoms with Crippen LogP contribution in [0.3, 0.4) is 0 Å². The molecule has 2 aromatic rings. The Morgan fingerprint density at radius 2 is 2.22 bits per heavy atom. The molecule has 2 N–H and O–H groups in total. The summed E-state index contributed by atoms with van der Waals surface area (Å²) < 4.78 is 2.10. The molecule has 6 nitrogen and oxygen atoms in total. The van der Waals surface area contributed by atoms with Crippen molar-refractivity contribution in [2.45, 2.75) is 38.8 Å². The number of nitrogens with zero attached hydrogens (tertiary/aromatic N) is 4. The summed E-state index contributed by atoms with van der Waals surface area (Å²) in [5.41, 5.74) is 0. The first-order valence-corrected chi connectivity index (χ1v) is 10.8.